The van der Waals surface area contributed by atoms with Crippen LogP contribution in [0, 0.1) is 0 Å². The van der Waals surface area contributed by atoms with Crippen LogP contribution >= 0.6 is 24.8 Å². The van der Waals surface area contributed by atoms with Gasteiger partial charge in [-0.25, -0.2) is 4.79 Å². The summed E-state index contributed by atoms with van der Waals surface area (Å²) in [6.07, 6.45) is -1.76. The number of anilines is 1. The first-order chi connectivity index (χ1) is 12.6. The van der Waals surface area contributed by atoms with Crippen LogP contribution in [-0.2, 0) is 4.74 Å². The molecule has 0 aliphatic carbocycles. The molecule has 8 nitrogen and oxygen atoms in total. The number of nitrogens with zero attached hydrogens (tertiary/aromatic N) is 2. The molecule has 0 saturated carbocycles. The van der Waals surface area contributed by atoms with Crippen molar-refractivity contribution in [3.05, 3.63) is 30.3 Å². The molecule has 2 saturated heterocycles. The van der Waals surface area contributed by atoms with E-state index < -0.39 is 12.2 Å². The van der Waals surface area contributed by atoms with Crippen LogP contribution in [0.1, 0.15) is 0 Å². The van der Waals surface area contributed by atoms with Crippen LogP contribution in [0.25, 0.3) is 0 Å². The zero-order chi connectivity index (χ0) is 18.5. The van der Waals surface area contributed by atoms with Crippen molar-refractivity contribution >= 4 is 36.5 Å². The summed E-state index contributed by atoms with van der Waals surface area (Å²) in [5, 5.41) is 25.6. The summed E-state index contributed by atoms with van der Waals surface area (Å²) in [6.45, 7) is 3.52. The minimum atomic E-state index is -0.771. The van der Waals surface area contributed by atoms with E-state index in [1.54, 1.807) is 0 Å². The van der Waals surface area contributed by atoms with Crippen molar-refractivity contribution in [1.82, 2.24) is 15.1 Å². The van der Waals surface area contributed by atoms with Gasteiger partial charge in [-0.2, -0.15) is 0 Å². The highest BCUT2D eigenvalue weighted by Crippen LogP contribution is 2.26. The van der Waals surface area contributed by atoms with Crippen LogP contribution in [-0.4, -0.2) is 96.8 Å². The summed E-state index contributed by atoms with van der Waals surface area (Å²) >= 11 is 0. The van der Waals surface area contributed by atoms with E-state index in [0.717, 1.165) is 26.2 Å². The first-order valence-corrected chi connectivity index (χ1v) is 9.05. The Morgan fingerprint density at radius 3 is 2.39 bits per heavy atom. The molecule has 4 N–H and O–H groups in total. The molecular weight excluding hydrogens is 407 g/mol. The number of nitrogens with one attached hydrogen (secondary N) is 2. The molecule has 1 aromatic rings. The summed E-state index contributed by atoms with van der Waals surface area (Å²) in [4.78, 5) is 16.6. The lowest BCUT2D eigenvalue weighted by Crippen LogP contribution is -2.57. The van der Waals surface area contributed by atoms with E-state index in [0.29, 0.717) is 5.69 Å². The second-order valence-electron chi connectivity index (χ2n) is 6.92. The Morgan fingerprint density at radius 2 is 1.79 bits per heavy atom. The zero-order valence-electron chi connectivity index (χ0n) is 15.9. The number of halogens is 2. The van der Waals surface area contributed by atoms with E-state index in [1.807, 2.05) is 30.3 Å². The first-order valence-electron chi connectivity index (χ1n) is 9.05. The fraction of sp³-hybridized carbons (Fsp3) is 0.611. The van der Waals surface area contributed by atoms with E-state index in [2.05, 4.69) is 27.5 Å². The SMILES string of the molecule is CN1CCN([C@@H]2[C@H](O)[C@H](CO)O[C@@H]2CNC(=O)Nc2ccccc2)CC1.Cl.Cl. The molecule has 1 aromatic carbocycles. The predicted molar refractivity (Wildman–Crippen MR) is 113 cm³/mol. The molecule has 2 fully saturated rings. The number of aliphatic hydroxyl groups is 2. The van der Waals surface area contributed by atoms with E-state index in [-0.39, 0.29) is 56.1 Å². The maximum Gasteiger partial charge on any atom is 0.319 e. The van der Waals surface area contributed by atoms with E-state index in [4.69, 9.17) is 4.74 Å². The van der Waals surface area contributed by atoms with Crippen molar-refractivity contribution in [2.45, 2.75) is 24.4 Å². The predicted octanol–water partition coefficient (Wildman–Crippen LogP) is 0.388. The Labute approximate surface area is 178 Å². The number of hydrogen-bond donors (Lipinski definition) is 4. The molecule has 4 atom stereocenters. The van der Waals surface area contributed by atoms with Crippen LogP contribution < -0.4 is 10.6 Å². The Bertz CT molecular complexity index is 590. The number of aliphatic hydroxyl groups excluding tert-OH is 2. The average molecular weight is 437 g/mol. The van der Waals surface area contributed by atoms with Gasteiger partial charge in [0.15, 0.2) is 0 Å². The molecule has 3 rings (SSSR count). The van der Waals surface area contributed by atoms with Gasteiger partial charge in [-0.05, 0) is 19.2 Å². The number of urea groups is 1. The van der Waals surface area contributed by atoms with Crippen LogP contribution in [0.15, 0.2) is 30.3 Å². The Morgan fingerprint density at radius 1 is 1.14 bits per heavy atom. The van der Waals surface area contributed by atoms with Gasteiger partial charge in [0.2, 0.25) is 0 Å². The minimum absolute atomic E-state index is 0. The Kier molecular flexibility index (Phi) is 10.5. The molecule has 2 aliphatic heterocycles. The zero-order valence-corrected chi connectivity index (χ0v) is 17.5. The molecule has 2 aliphatic rings. The number of benzene rings is 1. The summed E-state index contributed by atoms with van der Waals surface area (Å²) in [6, 6.07) is 8.64. The van der Waals surface area contributed by atoms with Crippen LogP contribution in [0.5, 0.6) is 0 Å². The standard InChI is InChI=1S/C18H28N4O4.2ClH/c1-21-7-9-22(10-8-21)16-14(26-15(12-23)17(16)24)11-19-18(25)20-13-5-3-2-4-6-13;;/h2-6,14-17,23-24H,7-12H2,1H3,(H2,19,20,25);2*1H/t14-,15+,16+,17-;;/m1../s1. The molecule has 10 heteroatoms. The number of rotatable bonds is 5. The highest BCUT2D eigenvalue weighted by Gasteiger charge is 2.46. The van der Waals surface area contributed by atoms with Gasteiger partial charge < -0.3 is 30.5 Å². The molecule has 28 heavy (non-hydrogen) atoms. The second kappa shape index (κ2) is 11.8. The number of hydrogen-bond acceptors (Lipinski definition) is 6. The van der Waals surface area contributed by atoms with E-state index in [1.165, 1.54) is 0 Å². The molecule has 0 aromatic heterocycles. The number of piperazine rings is 1. The number of amides is 2. The molecule has 0 radical (unpaired) electrons. The maximum absolute atomic E-state index is 12.1. The fourth-order valence-electron chi connectivity index (χ4n) is 3.61. The van der Waals surface area contributed by atoms with Crippen molar-refractivity contribution in [1.29, 1.82) is 0 Å². The third-order valence-electron chi connectivity index (χ3n) is 5.10. The Balaban J connectivity index is 0.00000196. The van der Waals surface area contributed by atoms with Gasteiger partial charge in [-0.15, -0.1) is 24.8 Å². The lowest BCUT2D eigenvalue weighted by molar-refractivity contribution is -0.0205. The summed E-state index contributed by atoms with van der Waals surface area (Å²) in [5.74, 6) is 0. The smallest absolute Gasteiger partial charge is 0.319 e. The molecule has 0 unspecified atom stereocenters. The van der Waals surface area contributed by atoms with Crippen molar-refractivity contribution < 1.29 is 19.7 Å². The van der Waals surface area contributed by atoms with E-state index >= 15 is 0 Å². The maximum atomic E-state index is 12.1. The quantitative estimate of drug-likeness (QED) is 0.532. The molecular formula is C18H30Cl2N4O4. The van der Waals surface area contributed by atoms with Crippen LogP contribution in [0.3, 0.4) is 0 Å². The van der Waals surface area contributed by atoms with Crippen molar-refractivity contribution in [2.75, 3.05) is 51.7 Å². The largest absolute Gasteiger partial charge is 0.394 e. The van der Waals surface area contributed by atoms with Gasteiger partial charge in [0.1, 0.15) is 12.2 Å². The number of para-hydroxylation sites is 1. The number of carbonyl (C=O) groups excluding carboxylic acids is 1. The third kappa shape index (κ3) is 6.18. The van der Waals surface area contributed by atoms with Gasteiger partial charge >= 0.3 is 6.03 Å². The van der Waals surface area contributed by atoms with Gasteiger partial charge in [-0.3, -0.25) is 4.90 Å². The monoisotopic (exact) mass is 436 g/mol. The topological polar surface area (TPSA) is 97.3 Å². The third-order valence-corrected chi connectivity index (χ3v) is 5.10. The molecule has 2 heterocycles. The summed E-state index contributed by atoms with van der Waals surface area (Å²) in [7, 11) is 2.07. The highest BCUT2D eigenvalue weighted by atomic mass is 35.5. The number of ether oxygens (including phenoxy) is 1. The van der Waals surface area contributed by atoms with Gasteiger partial charge in [0, 0.05) is 38.4 Å². The number of carbonyl (C=O) groups is 1. The molecule has 0 spiro atoms. The second-order valence-corrected chi connectivity index (χ2v) is 6.92. The summed E-state index contributed by atoms with van der Waals surface area (Å²) < 4.78 is 5.82. The molecule has 160 valence electrons. The minimum Gasteiger partial charge on any atom is -0.394 e. The fourth-order valence-corrected chi connectivity index (χ4v) is 3.61. The lowest BCUT2D eigenvalue weighted by Gasteiger charge is -2.39. The first kappa shape index (κ1) is 24.9. The van der Waals surface area contributed by atoms with Crippen molar-refractivity contribution in [2.24, 2.45) is 0 Å². The normalized spacial score (nSPS) is 28.1. The highest BCUT2D eigenvalue weighted by molar-refractivity contribution is 5.89. The van der Waals surface area contributed by atoms with Gasteiger partial charge in [-0.1, -0.05) is 18.2 Å². The van der Waals surface area contributed by atoms with Crippen molar-refractivity contribution in [3.63, 3.8) is 0 Å². The van der Waals surface area contributed by atoms with Crippen molar-refractivity contribution in [3.8, 4) is 0 Å². The Hall–Kier alpha value is -1.13. The number of likely N-dealkylation sites (N-methyl/N-ethyl adjacent to an activating group) is 1. The molecule has 0 bridgehead atoms. The van der Waals surface area contributed by atoms with E-state index in [9.17, 15) is 15.0 Å². The van der Waals surface area contributed by atoms with Gasteiger partial charge in [0.25, 0.3) is 0 Å². The lowest BCUT2D eigenvalue weighted by atomic mass is 10.0. The van der Waals surface area contributed by atoms with Crippen LogP contribution in [0.2, 0.25) is 0 Å². The average Bonchev–Trinajstić information content (AvgIpc) is 2.97. The van der Waals surface area contributed by atoms with Gasteiger partial charge in [0.05, 0.1) is 18.8 Å². The molecule has 2 amide bonds. The summed E-state index contributed by atoms with van der Waals surface area (Å²) in [5.41, 5.74) is 0.709. The van der Waals surface area contributed by atoms with Crippen LogP contribution in [0.4, 0.5) is 10.5 Å².